The van der Waals surface area contributed by atoms with E-state index in [1.54, 1.807) is 0 Å². The van der Waals surface area contributed by atoms with Crippen LogP contribution in [0.4, 0.5) is 9.57 Å². The van der Waals surface area contributed by atoms with Crippen LogP contribution >= 0.6 is 11.6 Å². The maximum Gasteiger partial charge on any atom is 0.302 e. The van der Waals surface area contributed by atoms with Crippen LogP contribution in [0.25, 0.3) is 0 Å². The van der Waals surface area contributed by atoms with Crippen LogP contribution in [0.3, 0.4) is 0 Å². The molecule has 1 aliphatic heterocycles. The lowest BCUT2D eigenvalue weighted by Gasteiger charge is -2.14. The van der Waals surface area contributed by atoms with Crippen LogP contribution in [0.15, 0.2) is 6.20 Å². The van der Waals surface area contributed by atoms with Gasteiger partial charge in [0.2, 0.25) is 5.91 Å². The van der Waals surface area contributed by atoms with Crippen molar-refractivity contribution >= 4 is 33.4 Å². The van der Waals surface area contributed by atoms with E-state index in [2.05, 4.69) is 10.2 Å². The van der Waals surface area contributed by atoms with Gasteiger partial charge in [-0.05, 0) is 0 Å². The maximum atomic E-state index is 12.5. The van der Waals surface area contributed by atoms with E-state index in [0.29, 0.717) is 5.69 Å². The number of amides is 1. The monoisotopic (exact) mass is 281 g/mol. The molecule has 2 heterocycles. The number of hydrogen-bond acceptors (Lipinski definition) is 4. The van der Waals surface area contributed by atoms with E-state index < -0.39 is 21.9 Å². The van der Waals surface area contributed by atoms with Gasteiger partial charge in [-0.15, -0.1) is 3.89 Å². The molecular weight excluding hydrogens is 273 g/mol. The fraction of sp³-hybridized carbons (Fsp3) is 0.500. The molecule has 9 heteroatoms. The zero-order chi connectivity index (χ0) is 12.6. The third kappa shape index (κ3) is 2.75. The standard InChI is InChI=1S/C8H9ClFN3O3S/c9-8-6(2-11-12-8)13-3-5(1-7(13)14)4-17(10,15)16/h2,5H,1,3-4H2,(H,11,12). The van der Waals surface area contributed by atoms with Crippen LogP contribution in [0.5, 0.6) is 0 Å². The quantitative estimate of drug-likeness (QED) is 0.827. The summed E-state index contributed by atoms with van der Waals surface area (Å²) in [6, 6.07) is 0. The van der Waals surface area contributed by atoms with Gasteiger partial charge >= 0.3 is 10.2 Å². The Bertz CT molecular complexity index is 544. The number of carbonyl (C=O) groups is 1. The Labute approximate surface area is 102 Å². The lowest BCUT2D eigenvalue weighted by atomic mass is 10.1. The number of halogens is 2. The molecule has 1 unspecified atom stereocenters. The lowest BCUT2D eigenvalue weighted by molar-refractivity contribution is -0.117. The highest BCUT2D eigenvalue weighted by molar-refractivity contribution is 7.86. The van der Waals surface area contributed by atoms with Crippen molar-refractivity contribution in [3.05, 3.63) is 11.3 Å². The molecule has 0 spiro atoms. The summed E-state index contributed by atoms with van der Waals surface area (Å²) in [4.78, 5) is 12.9. The molecule has 1 aliphatic rings. The number of hydrogen-bond donors (Lipinski definition) is 1. The van der Waals surface area contributed by atoms with Crippen molar-refractivity contribution in [3.63, 3.8) is 0 Å². The Kier molecular flexibility index (Phi) is 3.09. The van der Waals surface area contributed by atoms with Gasteiger partial charge in [0.25, 0.3) is 0 Å². The minimum absolute atomic E-state index is 0.00927. The molecule has 17 heavy (non-hydrogen) atoms. The first-order valence-corrected chi connectivity index (χ1v) is 6.71. The zero-order valence-electron chi connectivity index (χ0n) is 8.56. The van der Waals surface area contributed by atoms with Crippen molar-refractivity contribution in [1.82, 2.24) is 10.2 Å². The highest BCUT2D eigenvalue weighted by Crippen LogP contribution is 2.30. The molecule has 1 aromatic heterocycles. The molecule has 2 rings (SSSR count). The van der Waals surface area contributed by atoms with Crippen LogP contribution in [0.1, 0.15) is 6.42 Å². The summed E-state index contributed by atoms with van der Waals surface area (Å²) in [6.07, 6.45) is 1.36. The Balaban J connectivity index is 2.14. The van der Waals surface area contributed by atoms with Crippen molar-refractivity contribution in [2.45, 2.75) is 6.42 Å². The first-order valence-electron chi connectivity index (χ1n) is 4.78. The predicted octanol–water partition coefficient (Wildman–Crippen LogP) is 0.715. The Morgan fingerprint density at radius 3 is 2.88 bits per heavy atom. The first kappa shape index (κ1) is 12.3. The van der Waals surface area contributed by atoms with Gasteiger partial charge in [0, 0.05) is 18.9 Å². The Hall–Kier alpha value is -1.15. The minimum atomic E-state index is -4.57. The van der Waals surface area contributed by atoms with E-state index in [-0.39, 0.29) is 24.0 Å². The number of nitrogens with one attached hydrogen (secondary N) is 1. The van der Waals surface area contributed by atoms with Gasteiger partial charge in [0.15, 0.2) is 0 Å². The third-order valence-corrected chi connectivity index (χ3v) is 3.65. The second-order valence-corrected chi connectivity index (χ2v) is 5.64. The van der Waals surface area contributed by atoms with E-state index in [0.717, 1.165) is 0 Å². The van der Waals surface area contributed by atoms with Gasteiger partial charge < -0.3 is 4.90 Å². The second-order valence-electron chi connectivity index (χ2n) is 3.85. The van der Waals surface area contributed by atoms with E-state index in [1.807, 2.05) is 0 Å². The molecule has 94 valence electrons. The van der Waals surface area contributed by atoms with E-state index in [4.69, 9.17) is 11.6 Å². The fourth-order valence-corrected chi connectivity index (χ4v) is 2.85. The molecule has 0 aromatic carbocycles. The number of carbonyl (C=O) groups excluding carboxylic acids is 1. The molecule has 1 N–H and O–H groups in total. The first-order chi connectivity index (χ1) is 7.87. The summed E-state index contributed by atoms with van der Waals surface area (Å²) in [5.41, 5.74) is 0.385. The fourth-order valence-electron chi connectivity index (χ4n) is 1.86. The number of nitrogens with zero attached hydrogens (tertiary/aromatic N) is 2. The molecule has 1 fully saturated rings. The van der Waals surface area contributed by atoms with Crippen molar-refractivity contribution in [3.8, 4) is 0 Å². The average Bonchev–Trinajstić information content (AvgIpc) is 2.70. The summed E-state index contributed by atoms with van der Waals surface area (Å²) in [6.45, 7) is 0.126. The highest BCUT2D eigenvalue weighted by Gasteiger charge is 2.34. The van der Waals surface area contributed by atoms with E-state index >= 15 is 0 Å². The van der Waals surface area contributed by atoms with Crippen molar-refractivity contribution in [1.29, 1.82) is 0 Å². The third-order valence-electron chi connectivity index (χ3n) is 2.51. The van der Waals surface area contributed by atoms with Gasteiger partial charge in [-0.1, -0.05) is 11.6 Å². The zero-order valence-corrected chi connectivity index (χ0v) is 10.1. The SMILES string of the molecule is O=C1CC(CS(=O)(=O)F)CN1c1cn[nH]c1Cl. The molecule has 6 nitrogen and oxygen atoms in total. The largest absolute Gasteiger partial charge is 0.308 e. The van der Waals surface area contributed by atoms with Crippen LogP contribution in [0, 0.1) is 5.92 Å². The topological polar surface area (TPSA) is 83.1 Å². The van der Waals surface area contributed by atoms with Crippen LogP contribution in [-0.4, -0.2) is 36.8 Å². The Morgan fingerprint density at radius 1 is 1.65 bits per heavy atom. The van der Waals surface area contributed by atoms with Gasteiger partial charge in [0.05, 0.1) is 11.9 Å². The molecular formula is C8H9ClFN3O3S. The van der Waals surface area contributed by atoms with Crippen LogP contribution in [0.2, 0.25) is 5.15 Å². The number of rotatable bonds is 3. The molecule has 0 bridgehead atoms. The Morgan fingerprint density at radius 2 is 2.35 bits per heavy atom. The number of anilines is 1. The van der Waals surface area contributed by atoms with Crippen molar-refractivity contribution < 1.29 is 17.1 Å². The van der Waals surface area contributed by atoms with Crippen molar-refractivity contribution in [2.24, 2.45) is 5.92 Å². The predicted molar refractivity (Wildman–Crippen MR) is 59.0 cm³/mol. The van der Waals surface area contributed by atoms with Crippen LogP contribution in [-0.2, 0) is 15.0 Å². The molecule has 1 amide bonds. The lowest BCUT2D eigenvalue weighted by Crippen LogP contribution is -2.25. The molecule has 1 saturated heterocycles. The molecule has 0 aliphatic carbocycles. The number of H-pyrrole nitrogens is 1. The summed E-state index contributed by atoms with van der Waals surface area (Å²) >= 11 is 5.76. The van der Waals surface area contributed by atoms with E-state index in [9.17, 15) is 17.1 Å². The average molecular weight is 282 g/mol. The molecule has 0 radical (unpaired) electrons. The molecule has 1 atom stereocenters. The number of aromatic amines is 1. The molecule has 1 aromatic rings. The van der Waals surface area contributed by atoms with Gasteiger partial charge in [-0.2, -0.15) is 13.5 Å². The normalized spacial score (nSPS) is 21.2. The maximum absolute atomic E-state index is 12.5. The highest BCUT2D eigenvalue weighted by atomic mass is 35.5. The summed E-state index contributed by atoms with van der Waals surface area (Å²) in [7, 11) is -4.57. The minimum Gasteiger partial charge on any atom is -0.308 e. The molecule has 0 saturated carbocycles. The summed E-state index contributed by atoms with van der Waals surface area (Å²) < 4.78 is 33.5. The van der Waals surface area contributed by atoms with Gasteiger partial charge in [0.1, 0.15) is 10.8 Å². The summed E-state index contributed by atoms with van der Waals surface area (Å²) in [5, 5.41) is 6.31. The van der Waals surface area contributed by atoms with Crippen molar-refractivity contribution in [2.75, 3.05) is 17.2 Å². The van der Waals surface area contributed by atoms with E-state index in [1.165, 1.54) is 11.1 Å². The second kappa shape index (κ2) is 4.26. The van der Waals surface area contributed by atoms with Gasteiger partial charge in [-0.25, -0.2) is 0 Å². The van der Waals surface area contributed by atoms with Gasteiger partial charge in [-0.3, -0.25) is 9.89 Å². The summed E-state index contributed by atoms with van der Waals surface area (Å²) in [5.74, 6) is -1.49. The number of aromatic nitrogens is 2. The smallest absolute Gasteiger partial charge is 0.302 e. The van der Waals surface area contributed by atoms with Crippen LogP contribution < -0.4 is 4.90 Å².